The van der Waals surface area contributed by atoms with Crippen LogP contribution >= 0.6 is 23.1 Å². The van der Waals surface area contributed by atoms with E-state index in [1.54, 1.807) is 12.1 Å². The van der Waals surface area contributed by atoms with E-state index in [1.165, 1.54) is 35.4 Å². The molecule has 0 aliphatic rings. The van der Waals surface area contributed by atoms with E-state index in [9.17, 15) is 4.79 Å². The molecule has 29 heavy (non-hydrogen) atoms. The van der Waals surface area contributed by atoms with Gasteiger partial charge in [0.1, 0.15) is 5.65 Å². The molecule has 0 saturated carbocycles. The average molecular weight is 424 g/mol. The van der Waals surface area contributed by atoms with Crippen LogP contribution in [-0.4, -0.2) is 30.6 Å². The number of amides is 1. The first kappa shape index (κ1) is 17.6. The Labute approximate surface area is 171 Å². The van der Waals surface area contributed by atoms with Crippen LogP contribution in [0.4, 0.5) is 5.13 Å². The number of pyridine rings is 1. The fourth-order valence-electron chi connectivity index (χ4n) is 2.59. The van der Waals surface area contributed by atoms with Gasteiger partial charge >= 0.3 is 0 Å². The lowest BCUT2D eigenvalue weighted by atomic mass is 10.3. The summed E-state index contributed by atoms with van der Waals surface area (Å²) in [5.41, 5.74) is 1.97. The second-order valence-corrected chi connectivity index (χ2v) is 8.07. The van der Waals surface area contributed by atoms with Crippen molar-refractivity contribution in [3.63, 3.8) is 0 Å². The summed E-state index contributed by atoms with van der Waals surface area (Å²) in [5.74, 6) is 1.10. The molecular weight excluding hydrogens is 412 g/mol. The number of rotatable bonds is 6. The zero-order valence-corrected chi connectivity index (χ0v) is 16.3. The molecule has 0 aliphatic heterocycles. The van der Waals surface area contributed by atoms with Crippen LogP contribution < -0.4 is 5.32 Å². The van der Waals surface area contributed by atoms with Crippen LogP contribution in [0.5, 0.6) is 0 Å². The molecule has 0 spiro atoms. The fraction of sp³-hybridized carbons (Fsp3) is 0.0556. The van der Waals surface area contributed by atoms with E-state index in [1.807, 2.05) is 35.0 Å². The van der Waals surface area contributed by atoms with Crippen LogP contribution in [0.3, 0.4) is 0 Å². The molecule has 0 atom stereocenters. The molecule has 0 unspecified atom stereocenters. The number of carbonyl (C=O) groups excluding carboxylic acids is 1. The van der Waals surface area contributed by atoms with E-state index in [0.717, 1.165) is 15.7 Å². The maximum Gasteiger partial charge on any atom is 0.279 e. The van der Waals surface area contributed by atoms with E-state index in [4.69, 9.17) is 8.94 Å². The Bertz CT molecular complexity index is 1240. The number of thioether (sulfide) groups is 1. The number of hydrogen-bond donors (Lipinski definition) is 1. The van der Waals surface area contributed by atoms with Crippen LogP contribution in [0.25, 0.3) is 17.2 Å². The maximum atomic E-state index is 12.3. The van der Waals surface area contributed by atoms with Crippen molar-refractivity contribution < 1.29 is 13.7 Å². The third-order valence-corrected chi connectivity index (χ3v) is 5.90. The molecule has 5 rings (SSSR count). The van der Waals surface area contributed by atoms with Crippen LogP contribution in [0.1, 0.15) is 16.2 Å². The quantitative estimate of drug-likeness (QED) is 0.322. The molecule has 0 fully saturated rings. The van der Waals surface area contributed by atoms with Gasteiger partial charge in [-0.25, -0.2) is 4.98 Å². The Morgan fingerprint density at radius 3 is 3.03 bits per heavy atom. The van der Waals surface area contributed by atoms with Gasteiger partial charge in [0.25, 0.3) is 5.91 Å². The SMILES string of the molecule is O=C(Nc1nnc(SCc2cn3ccccc3n2)s1)c1cc(-c2ccco2)on1. The Morgan fingerprint density at radius 2 is 2.17 bits per heavy atom. The molecule has 5 aromatic heterocycles. The molecule has 1 N–H and O–H groups in total. The summed E-state index contributed by atoms with van der Waals surface area (Å²) in [6.45, 7) is 0. The van der Waals surface area contributed by atoms with E-state index in [0.29, 0.717) is 22.4 Å². The van der Waals surface area contributed by atoms with Crippen molar-refractivity contribution in [3.05, 3.63) is 66.4 Å². The number of nitrogens with zero attached hydrogens (tertiary/aromatic N) is 5. The lowest BCUT2D eigenvalue weighted by Gasteiger charge is -1.95. The van der Waals surface area contributed by atoms with Crippen molar-refractivity contribution in [2.75, 3.05) is 5.32 Å². The van der Waals surface area contributed by atoms with Gasteiger partial charge in [-0.05, 0) is 24.3 Å². The molecule has 0 aliphatic carbocycles. The maximum absolute atomic E-state index is 12.3. The number of aromatic nitrogens is 5. The first-order chi connectivity index (χ1) is 14.2. The highest BCUT2D eigenvalue weighted by atomic mass is 32.2. The smallest absolute Gasteiger partial charge is 0.279 e. The zero-order chi connectivity index (χ0) is 19.6. The Morgan fingerprint density at radius 1 is 1.21 bits per heavy atom. The molecule has 5 heterocycles. The van der Waals surface area contributed by atoms with Gasteiger partial charge in [-0.3, -0.25) is 10.1 Å². The average Bonchev–Trinajstić information content (AvgIpc) is 3.52. The highest BCUT2D eigenvalue weighted by Gasteiger charge is 2.17. The van der Waals surface area contributed by atoms with Gasteiger partial charge in [0.05, 0.1) is 12.0 Å². The van der Waals surface area contributed by atoms with Crippen molar-refractivity contribution in [1.82, 2.24) is 24.7 Å². The first-order valence-electron chi connectivity index (χ1n) is 8.45. The Balaban J connectivity index is 1.21. The molecule has 5 aromatic rings. The topological polar surface area (TPSA) is 111 Å². The number of furan rings is 1. The molecule has 1 amide bonds. The highest BCUT2D eigenvalue weighted by Crippen LogP contribution is 2.28. The summed E-state index contributed by atoms with van der Waals surface area (Å²) in [6, 6.07) is 10.8. The van der Waals surface area contributed by atoms with Crippen LogP contribution in [0.15, 0.2) is 68.3 Å². The minimum absolute atomic E-state index is 0.130. The standard InChI is InChI=1S/C18H12N6O3S2/c25-16(12-8-14(27-23-12)13-4-3-7-26-13)20-17-21-22-18(29-17)28-10-11-9-24-6-2-1-5-15(24)19-11/h1-9H,10H2,(H,20,21,25). The number of nitrogens with one attached hydrogen (secondary N) is 1. The van der Waals surface area contributed by atoms with Gasteiger partial charge < -0.3 is 13.3 Å². The van der Waals surface area contributed by atoms with Crippen LogP contribution in [0.2, 0.25) is 0 Å². The number of carbonyl (C=O) groups is 1. The van der Waals surface area contributed by atoms with Crippen molar-refractivity contribution in [2.24, 2.45) is 0 Å². The third-order valence-electron chi connectivity index (χ3n) is 3.89. The van der Waals surface area contributed by atoms with E-state index in [-0.39, 0.29) is 5.69 Å². The number of hydrogen-bond acceptors (Lipinski definition) is 9. The predicted octanol–water partition coefficient (Wildman–Crippen LogP) is 3.98. The number of imidazole rings is 1. The lowest BCUT2D eigenvalue weighted by Crippen LogP contribution is -2.11. The monoisotopic (exact) mass is 424 g/mol. The largest absolute Gasteiger partial charge is 0.461 e. The van der Waals surface area contributed by atoms with Crippen molar-refractivity contribution >= 4 is 39.8 Å². The van der Waals surface area contributed by atoms with Gasteiger partial charge in [0.15, 0.2) is 15.8 Å². The van der Waals surface area contributed by atoms with Gasteiger partial charge in [-0.2, -0.15) is 0 Å². The fourth-order valence-corrected chi connectivity index (χ4v) is 4.22. The summed E-state index contributed by atoms with van der Waals surface area (Å²) < 4.78 is 13.1. The second kappa shape index (κ2) is 7.53. The molecule has 11 heteroatoms. The van der Waals surface area contributed by atoms with E-state index < -0.39 is 5.91 Å². The molecule has 0 saturated heterocycles. The van der Waals surface area contributed by atoms with Crippen molar-refractivity contribution in [3.8, 4) is 11.5 Å². The van der Waals surface area contributed by atoms with Crippen LogP contribution in [-0.2, 0) is 5.75 Å². The first-order valence-corrected chi connectivity index (χ1v) is 10.3. The zero-order valence-electron chi connectivity index (χ0n) is 14.7. The van der Waals surface area contributed by atoms with E-state index in [2.05, 4.69) is 25.7 Å². The molecule has 0 radical (unpaired) electrons. The normalized spacial score (nSPS) is 11.2. The minimum Gasteiger partial charge on any atom is -0.461 e. The van der Waals surface area contributed by atoms with Gasteiger partial charge in [-0.1, -0.05) is 34.3 Å². The van der Waals surface area contributed by atoms with Crippen molar-refractivity contribution in [1.29, 1.82) is 0 Å². The second-order valence-electron chi connectivity index (χ2n) is 5.87. The summed E-state index contributed by atoms with van der Waals surface area (Å²) in [5, 5.41) is 14.9. The highest BCUT2D eigenvalue weighted by molar-refractivity contribution is 8.00. The molecule has 0 aromatic carbocycles. The Kier molecular flexibility index (Phi) is 4.58. The van der Waals surface area contributed by atoms with Gasteiger partial charge in [-0.15, -0.1) is 10.2 Å². The summed E-state index contributed by atoms with van der Waals surface area (Å²) in [7, 11) is 0. The third kappa shape index (κ3) is 3.77. The molecule has 144 valence electrons. The Hall–Kier alpha value is -3.44. The van der Waals surface area contributed by atoms with Crippen LogP contribution in [0, 0.1) is 0 Å². The summed E-state index contributed by atoms with van der Waals surface area (Å²) in [4.78, 5) is 16.9. The van der Waals surface area contributed by atoms with Crippen molar-refractivity contribution in [2.45, 2.75) is 10.1 Å². The molecular formula is C18H12N6O3S2. The lowest BCUT2D eigenvalue weighted by molar-refractivity contribution is 0.101. The summed E-state index contributed by atoms with van der Waals surface area (Å²) >= 11 is 2.79. The predicted molar refractivity (Wildman–Crippen MR) is 107 cm³/mol. The van der Waals surface area contributed by atoms with Gasteiger partial charge in [0.2, 0.25) is 10.9 Å². The number of fused-ring (bicyclic) bond motifs is 1. The van der Waals surface area contributed by atoms with E-state index >= 15 is 0 Å². The summed E-state index contributed by atoms with van der Waals surface area (Å²) in [6.07, 6.45) is 5.45. The molecule has 9 nitrogen and oxygen atoms in total. The minimum atomic E-state index is -0.431. The van der Waals surface area contributed by atoms with Gasteiger partial charge in [0, 0.05) is 24.2 Å². The number of anilines is 1. The molecule has 0 bridgehead atoms.